The van der Waals surface area contributed by atoms with Gasteiger partial charge in [-0.2, -0.15) is 9.61 Å². The molecule has 0 aliphatic carbocycles. The number of benzene rings is 1. The van der Waals surface area contributed by atoms with E-state index in [1.54, 1.807) is 20.2 Å². The van der Waals surface area contributed by atoms with Gasteiger partial charge in [-0.1, -0.05) is 20.4 Å². The molecule has 1 aromatic carbocycles. The Hall–Kier alpha value is -3.14. The minimum absolute atomic E-state index is 0.0965. The van der Waals surface area contributed by atoms with Gasteiger partial charge in [0.15, 0.2) is 5.65 Å². The molecule has 2 N–H and O–H groups in total. The van der Waals surface area contributed by atoms with E-state index >= 15 is 0 Å². The van der Waals surface area contributed by atoms with Gasteiger partial charge in [-0.25, -0.2) is 4.98 Å². The number of anilines is 1. The molecule has 2 aromatic heterocycles. The second-order valence-electron chi connectivity index (χ2n) is 9.21. The first-order valence-corrected chi connectivity index (χ1v) is 11.9. The molecular weight excluding hydrogens is 446 g/mol. The first-order chi connectivity index (χ1) is 16.8. The van der Waals surface area contributed by atoms with Crippen molar-refractivity contribution in [1.82, 2.24) is 19.9 Å². The van der Waals surface area contributed by atoms with Gasteiger partial charge in [0, 0.05) is 35.5 Å². The zero-order chi connectivity index (χ0) is 25.1. The van der Waals surface area contributed by atoms with E-state index in [-0.39, 0.29) is 18.6 Å². The van der Waals surface area contributed by atoms with Gasteiger partial charge in [-0.3, -0.25) is 0 Å². The van der Waals surface area contributed by atoms with Crippen molar-refractivity contribution in [2.45, 2.75) is 38.8 Å². The number of ether oxygens (including phenoxy) is 3. The number of nitrogens with one attached hydrogen (secondary N) is 1. The molecule has 1 aliphatic rings. The molecule has 1 aliphatic heterocycles. The van der Waals surface area contributed by atoms with Gasteiger partial charge < -0.3 is 29.5 Å². The number of likely N-dealkylation sites (N-methyl/N-ethyl adjacent to an activating group) is 1. The molecule has 1 fully saturated rings. The molecule has 3 aromatic rings. The Morgan fingerprint density at radius 3 is 2.71 bits per heavy atom. The normalized spacial score (nSPS) is 17.3. The molecule has 2 unspecified atom stereocenters. The fourth-order valence-electron chi connectivity index (χ4n) is 4.29. The standard InChI is InChI=1S/C26H35N5O4/c1-16(2)23-12-28-31-25(30-17(3)13-34-14-18(30)4)10-24(29-26(23)31)19-7-21(33-6)9-22(8-19)35-15-20(32)11-27-5/h7-10,12,16,18,20,27,32H,3,11,13-15H2,1-2,4-6H3. The molecular formula is C26H35N5O4. The van der Waals surface area contributed by atoms with Crippen molar-refractivity contribution in [2.75, 3.05) is 45.4 Å². The number of fused-ring (bicyclic) bond motifs is 1. The van der Waals surface area contributed by atoms with Crippen molar-refractivity contribution in [3.8, 4) is 22.8 Å². The first-order valence-electron chi connectivity index (χ1n) is 11.9. The van der Waals surface area contributed by atoms with Crippen LogP contribution in [0, 0.1) is 0 Å². The minimum Gasteiger partial charge on any atom is -0.497 e. The summed E-state index contributed by atoms with van der Waals surface area (Å²) in [4.78, 5) is 7.19. The first kappa shape index (κ1) is 25.0. The number of nitrogens with zero attached hydrogens (tertiary/aromatic N) is 4. The highest BCUT2D eigenvalue weighted by Gasteiger charge is 2.27. The Morgan fingerprint density at radius 2 is 2.03 bits per heavy atom. The van der Waals surface area contributed by atoms with E-state index in [4.69, 9.17) is 19.2 Å². The molecule has 4 rings (SSSR count). The molecule has 3 heterocycles. The molecule has 0 spiro atoms. The number of hydrogen-bond donors (Lipinski definition) is 2. The van der Waals surface area contributed by atoms with Crippen molar-refractivity contribution >= 4 is 11.5 Å². The van der Waals surface area contributed by atoms with Crippen LogP contribution in [0.25, 0.3) is 16.9 Å². The van der Waals surface area contributed by atoms with E-state index in [0.29, 0.717) is 31.3 Å². The number of hydrogen-bond acceptors (Lipinski definition) is 8. The Bertz CT molecular complexity index is 1190. The average Bonchev–Trinajstić information content (AvgIpc) is 3.27. The third kappa shape index (κ3) is 5.27. The van der Waals surface area contributed by atoms with Crippen LogP contribution >= 0.6 is 0 Å². The van der Waals surface area contributed by atoms with E-state index in [9.17, 15) is 5.11 Å². The number of aliphatic hydroxyl groups excluding tert-OH is 1. The third-order valence-electron chi connectivity index (χ3n) is 6.05. The summed E-state index contributed by atoms with van der Waals surface area (Å²) in [5.41, 5.74) is 4.34. The van der Waals surface area contributed by atoms with Crippen molar-refractivity contribution < 1.29 is 19.3 Å². The monoisotopic (exact) mass is 481 g/mol. The van der Waals surface area contributed by atoms with Gasteiger partial charge in [0.2, 0.25) is 0 Å². The lowest BCUT2D eigenvalue weighted by atomic mass is 10.1. The van der Waals surface area contributed by atoms with Gasteiger partial charge in [-0.05, 0) is 32.0 Å². The van der Waals surface area contributed by atoms with Crippen molar-refractivity contribution in [2.24, 2.45) is 0 Å². The number of rotatable bonds is 9. The number of morpholine rings is 1. The van der Waals surface area contributed by atoms with Gasteiger partial charge in [0.05, 0.1) is 38.3 Å². The second-order valence-corrected chi connectivity index (χ2v) is 9.21. The lowest BCUT2D eigenvalue weighted by molar-refractivity contribution is 0.108. The lowest BCUT2D eigenvalue weighted by Gasteiger charge is -2.36. The molecule has 9 nitrogen and oxygen atoms in total. The summed E-state index contributed by atoms with van der Waals surface area (Å²) in [6.45, 7) is 12.3. The van der Waals surface area contributed by atoms with Crippen LogP contribution in [0.2, 0.25) is 0 Å². The topological polar surface area (TPSA) is 93.4 Å². The van der Waals surface area contributed by atoms with Crippen LogP contribution in [0.3, 0.4) is 0 Å². The summed E-state index contributed by atoms with van der Waals surface area (Å²) in [5.74, 6) is 2.38. The molecule has 0 saturated carbocycles. The summed E-state index contributed by atoms with van der Waals surface area (Å²) in [7, 11) is 3.41. The van der Waals surface area contributed by atoms with Crippen LogP contribution in [0.5, 0.6) is 11.5 Å². The Labute approximate surface area is 206 Å². The number of methoxy groups -OCH3 is 1. The van der Waals surface area contributed by atoms with Crippen LogP contribution in [0.15, 0.2) is 42.7 Å². The summed E-state index contributed by atoms with van der Waals surface area (Å²) < 4.78 is 19.0. The predicted octanol–water partition coefficient (Wildman–Crippen LogP) is 3.23. The van der Waals surface area contributed by atoms with Gasteiger partial charge >= 0.3 is 0 Å². The van der Waals surface area contributed by atoms with E-state index in [0.717, 1.165) is 34.0 Å². The highest BCUT2D eigenvalue weighted by Crippen LogP contribution is 2.35. The molecule has 0 bridgehead atoms. The molecule has 35 heavy (non-hydrogen) atoms. The molecule has 2 atom stereocenters. The number of aliphatic hydroxyl groups is 1. The smallest absolute Gasteiger partial charge is 0.161 e. The fourth-order valence-corrected chi connectivity index (χ4v) is 4.29. The SMILES string of the molecule is C=C1COCC(C)N1c1cc(-c2cc(OC)cc(OCC(O)CNC)c2)nc2c(C(C)C)cnn12. The molecule has 0 radical (unpaired) electrons. The average molecular weight is 482 g/mol. The van der Waals surface area contributed by atoms with Crippen molar-refractivity contribution in [1.29, 1.82) is 0 Å². The number of aromatic nitrogens is 3. The summed E-state index contributed by atoms with van der Waals surface area (Å²) in [6, 6.07) is 7.77. The van der Waals surface area contributed by atoms with E-state index < -0.39 is 6.10 Å². The Balaban J connectivity index is 1.83. The maximum absolute atomic E-state index is 10.1. The summed E-state index contributed by atoms with van der Waals surface area (Å²) in [5, 5.41) is 17.7. The quantitative estimate of drug-likeness (QED) is 0.481. The maximum atomic E-state index is 10.1. The van der Waals surface area contributed by atoms with Crippen molar-refractivity contribution in [3.63, 3.8) is 0 Å². The highest BCUT2D eigenvalue weighted by molar-refractivity contribution is 5.72. The molecule has 188 valence electrons. The van der Waals surface area contributed by atoms with Crippen LogP contribution in [-0.4, -0.2) is 72.4 Å². The van der Waals surface area contributed by atoms with Gasteiger partial charge in [-0.15, -0.1) is 0 Å². The molecule has 0 amide bonds. The van der Waals surface area contributed by atoms with E-state index in [1.807, 2.05) is 28.9 Å². The maximum Gasteiger partial charge on any atom is 0.161 e. The second kappa shape index (κ2) is 10.6. The zero-order valence-electron chi connectivity index (χ0n) is 21.1. The van der Waals surface area contributed by atoms with Gasteiger partial charge in [0.25, 0.3) is 0 Å². The van der Waals surface area contributed by atoms with Crippen LogP contribution in [0.4, 0.5) is 5.82 Å². The fraction of sp³-hybridized carbons (Fsp3) is 0.462. The largest absolute Gasteiger partial charge is 0.497 e. The minimum atomic E-state index is -0.620. The van der Waals surface area contributed by atoms with Crippen LogP contribution in [-0.2, 0) is 4.74 Å². The van der Waals surface area contributed by atoms with Crippen LogP contribution < -0.4 is 19.7 Å². The molecule has 1 saturated heterocycles. The highest BCUT2D eigenvalue weighted by atomic mass is 16.5. The van der Waals surface area contributed by atoms with E-state index in [2.05, 4.69) is 42.7 Å². The predicted molar refractivity (Wildman–Crippen MR) is 136 cm³/mol. The zero-order valence-corrected chi connectivity index (χ0v) is 21.1. The van der Waals surface area contributed by atoms with Crippen LogP contribution in [0.1, 0.15) is 32.3 Å². The third-order valence-corrected chi connectivity index (χ3v) is 6.05. The summed E-state index contributed by atoms with van der Waals surface area (Å²) >= 11 is 0. The lowest BCUT2D eigenvalue weighted by Crippen LogP contribution is -2.42. The summed E-state index contributed by atoms with van der Waals surface area (Å²) in [6.07, 6.45) is 1.27. The van der Waals surface area contributed by atoms with Crippen molar-refractivity contribution in [3.05, 3.63) is 48.3 Å². The van der Waals surface area contributed by atoms with E-state index in [1.165, 1.54) is 0 Å². The molecule has 9 heteroatoms. The van der Waals surface area contributed by atoms with Gasteiger partial charge in [0.1, 0.15) is 30.0 Å². The Kier molecular flexibility index (Phi) is 7.59. The Morgan fingerprint density at radius 1 is 1.26 bits per heavy atom.